The number of aryl methyl sites for hydroxylation is 1. The van der Waals surface area contributed by atoms with Crippen molar-refractivity contribution in [2.75, 3.05) is 7.11 Å². The maximum Gasteiger partial charge on any atom is 0.128 e. The molecule has 0 fully saturated rings. The second-order valence-corrected chi connectivity index (χ2v) is 6.15. The van der Waals surface area contributed by atoms with Crippen LogP contribution >= 0.6 is 22.6 Å². The Morgan fingerprint density at radius 3 is 2.50 bits per heavy atom. The van der Waals surface area contributed by atoms with Gasteiger partial charge >= 0.3 is 0 Å². The molecule has 0 saturated heterocycles. The third-order valence-electron chi connectivity index (χ3n) is 3.46. The van der Waals surface area contributed by atoms with E-state index >= 15 is 0 Å². The Bertz CT molecular complexity index is 596. The molecule has 106 valence electrons. The molecule has 0 bridgehead atoms. The monoisotopic (exact) mass is 382 g/mol. The Labute approximate surface area is 133 Å². The van der Waals surface area contributed by atoms with Gasteiger partial charge in [-0.15, -0.1) is 0 Å². The first-order chi connectivity index (χ1) is 9.52. The van der Waals surface area contributed by atoms with Crippen LogP contribution in [0, 0.1) is 17.4 Å². The molecule has 0 aliphatic rings. The van der Waals surface area contributed by atoms with Crippen molar-refractivity contribution in [2.45, 2.75) is 26.3 Å². The van der Waals surface area contributed by atoms with Gasteiger partial charge in [0.1, 0.15) is 5.75 Å². The average molecular weight is 382 g/mol. The van der Waals surface area contributed by atoms with Crippen molar-refractivity contribution in [3.8, 4) is 5.75 Å². The molecule has 20 heavy (non-hydrogen) atoms. The van der Waals surface area contributed by atoms with Crippen LogP contribution in [0.1, 0.15) is 28.4 Å². The van der Waals surface area contributed by atoms with Crippen LogP contribution in [0.4, 0.5) is 0 Å². The first-order valence-corrected chi connectivity index (χ1v) is 7.61. The van der Waals surface area contributed by atoms with E-state index in [4.69, 9.17) is 10.5 Å². The van der Waals surface area contributed by atoms with E-state index in [1.165, 1.54) is 3.57 Å². The van der Waals surface area contributed by atoms with E-state index in [1.807, 2.05) is 20.0 Å². The largest absolute Gasteiger partial charge is 0.496 e. The molecule has 0 saturated carbocycles. The molecule has 4 heteroatoms. The Morgan fingerprint density at radius 1 is 1.25 bits per heavy atom. The van der Waals surface area contributed by atoms with Crippen LogP contribution in [-0.2, 0) is 6.42 Å². The fourth-order valence-corrected chi connectivity index (χ4v) is 2.67. The summed E-state index contributed by atoms with van der Waals surface area (Å²) < 4.78 is 6.65. The summed E-state index contributed by atoms with van der Waals surface area (Å²) in [5.74, 6) is 0.907. The maximum absolute atomic E-state index is 6.29. The minimum Gasteiger partial charge on any atom is -0.496 e. The number of pyridine rings is 1. The zero-order valence-electron chi connectivity index (χ0n) is 12.0. The SMILES string of the molecule is COc1c(C)cnc(CC(N)c2ccc(I)cc2)c1C. The normalized spacial score (nSPS) is 12.2. The second kappa shape index (κ2) is 6.54. The molecule has 1 aromatic carbocycles. The minimum atomic E-state index is -0.0504. The van der Waals surface area contributed by atoms with Gasteiger partial charge < -0.3 is 10.5 Å². The molecule has 2 rings (SSSR count). The van der Waals surface area contributed by atoms with E-state index in [0.717, 1.165) is 28.1 Å². The van der Waals surface area contributed by atoms with Crippen LogP contribution in [0.15, 0.2) is 30.5 Å². The number of hydrogen-bond acceptors (Lipinski definition) is 3. The number of ether oxygens (including phenoxy) is 1. The Hall–Kier alpha value is -1.14. The molecule has 2 aromatic rings. The highest BCUT2D eigenvalue weighted by Crippen LogP contribution is 2.26. The van der Waals surface area contributed by atoms with Crippen LogP contribution in [0.2, 0.25) is 0 Å². The molecule has 1 aromatic heterocycles. The number of benzene rings is 1. The molecule has 0 radical (unpaired) electrons. The fourth-order valence-electron chi connectivity index (χ4n) is 2.31. The Kier molecular flexibility index (Phi) is 4.99. The fraction of sp³-hybridized carbons (Fsp3) is 0.312. The lowest BCUT2D eigenvalue weighted by Crippen LogP contribution is -2.15. The Balaban J connectivity index is 2.23. The van der Waals surface area contributed by atoms with Gasteiger partial charge in [-0.25, -0.2) is 0 Å². The van der Waals surface area contributed by atoms with Crippen LogP contribution < -0.4 is 10.5 Å². The summed E-state index contributed by atoms with van der Waals surface area (Å²) in [7, 11) is 1.69. The van der Waals surface area contributed by atoms with E-state index in [1.54, 1.807) is 7.11 Å². The van der Waals surface area contributed by atoms with Gasteiger partial charge in [0.25, 0.3) is 0 Å². The molecule has 0 aliphatic carbocycles. The van der Waals surface area contributed by atoms with Crippen molar-refractivity contribution in [3.63, 3.8) is 0 Å². The highest BCUT2D eigenvalue weighted by molar-refractivity contribution is 14.1. The number of aromatic nitrogens is 1. The zero-order chi connectivity index (χ0) is 14.7. The molecule has 1 unspecified atom stereocenters. The zero-order valence-corrected chi connectivity index (χ0v) is 14.1. The summed E-state index contributed by atoms with van der Waals surface area (Å²) in [4.78, 5) is 4.51. The van der Waals surface area contributed by atoms with E-state index < -0.39 is 0 Å². The number of rotatable bonds is 4. The summed E-state index contributed by atoms with van der Waals surface area (Å²) in [5, 5.41) is 0. The standard InChI is InChI=1S/C16H19IN2O/c1-10-9-19-15(11(2)16(10)20-3)8-14(18)12-4-6-13(17)7-5-12/h4-7,9,14H,8,18H2,1-3H3. The summed E-state index contributed by atoms with van der Waals surface area (Å²) in [6, 6.07) is 8.25. The van der Waals surface area contributed by atoms with Crippen molar-refractivity contribution in [3.05, 3.63) is 56.4 Å². The van der Waals surface area contributed by atoms with Gasteiger partial charge in [0.2, 0.25) is 0 Å². The third kappa shape index (κ3) is 3.30. The average Bonchev–Trinajstić information content (AvgIpc) is 2.43. The molecular weight excluding hydrogens is 363 g/mol. The first kappa shape index (κ1) is 15.3. The quantitative estimate of drug-likeness (QED) is 0.823. The van der Waals surface area contributed by atoms with Crippen LogP contribution in [0.5, 0.6) is 5.75 Å². The van der Waals surface area contributed by atoms with Gasteiger partial charge in [0.05, 0.1) is 7.11 Å². The van der Waals surface area contributed by atoms with E-state index in [2.05, 4.69) is 51.8 Å². The van der Waals surface area contributed by atoms with E-state index in [0.29, 0.717) is 6.42 Å². The van der Waals surface area contributed by atoms with Crippen molar-refractivity contribution in [1.29, 1.82) is 0 Å². The van der Waals surface area contributed by atoms with Crippen molar-refractivity contribution >= 4 is 22.6 Å². The first-order valence-electron chi connectivity index (χ1n) is 6.53. The number of methoxy groups -OCH3 is 1. The highest BCUT2D eigenvalue weighted by Gasteiger charge is 2.14. The highest BCUT2D eigenvalue weighted by atomic mass is 127. The molecule has 0 amide bonds. The van der Waals surface area contributed by atoms with Gasteiger partial charge in [-0.1, -0.05) is 12.1 Å². The Morgan fingerprint density at radius 2 is 1.90 bits per heavy atom. The molecular formula is C16H19IN2O. The maximum atomic E-state index is 6.29. The lowest BCUT2D eigenvalue weighted by molar-refractivity contribution is 0.406. The topological polar surface area (TPSA) is 48.1 Å². The van der Waals surface area contributed by atoms with Crippen LogP contribution in [0.3, 0.4) is 0 Å². The third-order valence-corrected chi connectivity index (χ3v) is 4.18. The number of halogens is 1. The molecule has 0 aliphatic heterocycles. The van der Waals surface area contributed by atoms with Crippen LogP contribution in [0.25, 0.3) is 0 Å². The summed E-state index contributed by atoms with van der Waals surface area (Å²) in [6.45, 7) is 4.04. The predicted octanol–water partition coefficient (Wildman–Crippen LogP) is 3.55. The predicted molar refractivity (Wildman–Crippen MR) is 90.1 cm³/mol. The second-order valence-electron chi connectivity index (χ2n) is 4.91. The minimum absolute atomic E-state index is 0.0504. The van der Waals surface area contributed by atoms with Crippen molar-refractivity contribution < 1.29 is 4.74 Å². The molecule has 2 N–H and O–H groups in total. The lowest BCUT2D eigenvalue weighted by atomic mass is 9.99. The number of nitrogens with two attached hydrogens (primary N) is 1. The molecule has 1 atom stereocenters. The van der Waals surface area contributed by atoms with Crippen molar-refractivity contribution in [2.24, 2.45) is 5.73 Å². The molecule has 3 nitrogen and oxygen atoms in total. The summed E-state index contributed by atoms with van der Waals surface area (Å²) in [6.07, 6.45) is 2.56. The summed E-state index contributed by atoms with van der Waals surface area (Å²) >= 11 is 2.29. The van der Waals surface area contributed by atoms with Gasteiger partial charge in [-0.05, 0) is 54.1 Å². The van der Waals surface area contributed by atoms with Gasteiger partial charge in [0, 0.05) is 39.1 Å². The van der Waals surface area contributed by atoms with Gasteiger partial charge in [0.15, 0.2) is 0 Å². The molecule has 0 spiro atoms. The number of nitrogens with zero attached hydrogens (tertiary/aromatic N) is 1. The van der Waals surface area contributed by atoms with Crippen molar-refractivity contribution in [1.82, 2.24) is 4.98 Å². The number of hydrogen-bond donors (Lipinski definition) is 1. The molecule has 1 heterocycles. The van der Waals surface area contributed by atoms with Gasteiger partial charge in [-0.3, -0.25) is 4.98 Å². The van der Waals surface area contributed by atoms with E-state index in [9.17, 15) is 0 Å². The van der Waals surface area contributed by atoms with E-state index in [-0.39, 0.29) is 6.04 Å². The lowest BCUT2D eigenvalue weighted by Gasteiger charge is -2.16. The van der Waals surface area contributed by atoms with Gasteiger partial charge in [-0.2, -0.15) is 0 Å². The summed E-state index contributed by atoms with van der Waals surface area (Å²) in [5.41, 5.74) is 10.6. The smallest absolute Gasteiger partial charge is 0.128 e. The van der Waals surface area contributed by atoms with Crippen LogP contribution in [-0.4, -0.2) is 12.1 Å².